The number of methoxy groups -OCH3 is 1. The molecule has 1 aliphatic heterocycles. The predicted molar refractivity (Wildman–Crippen MR) is 58.9 cm³/mol. The minimum Gasteiger partial charge on any atom is -0.469 e. The van der Waals surface area contributed by atoms with Gasteiger partial charge in [-0.2, -0.15) is 5.26 Å². The van der Waals surface area contributed by atoms with E-state index in [0.717, 1.165) is 5.69 Å². The number of carbonyl (C=O) groups is 1. The number of esters is 1. The quantitative estimate of drug-likeness (QED) is 0.696. The van der Waals surface area contributed by atoms with Crippen molar-refractivity contribution in [1.29, 1.82) is 5.26 Å². The zero-order valence-corrected chi connectivity index (χ0v) is 9.01. The van der Waals surface area contributed by atoms with E-state index in [4.69, 9.17) is 5.26 Å². The monoisotopic (exact) mass is 216 g/mol. The Bertz CT molecular complexity index is 445. The second-order valence-corrected chi connectivity index (χ2v) is 3.75. The van der Waals surface area contributed by atoms with Gasteiger partial charge in [0.15, 0.2) is 0 Å². The summed E-state index contributed by atoms with van der Waals surface area (Å²) in [5.41, 5.74) is 1.54. The highest BCUT2D eigenvalue weighted by Gasteiger charge is 2.34. The number of hydrogen-bond acceptors (Lipinski definition) is 4. The highest BCUT2D eigenvalue weighted by atomic mass is 16.5. The second kappa shape index (κ2) is 4.23. The molecular weight excluding hydrogens is 204 g/mol. The molecule has 0 spiro atoms. The Balaban J connectivity index is 2.07. The first-order valence-electron chi connectivity index (χ1n) is 5.08. The lowest BCUT2D eigenvalue weighted by molar-refractivity contribution is -0.146. The summed E-state index contributed by atoms with van der Waals surface area (Å²) < 4.78 is 4.66. The van der Waals surface area contributed by atoms with Crippen LogP contribution in [0.4, 0.5) is 5.69 Å². The van der Waals surface area contributed by atoms with E-state index in [1.54, 1.807) is 6.07 Å². The maximum Gasteiger partial charge on any atom is 0.312 e. The van der Waals surface area contributed by atoms with Gasteiger partial charge in [0, 0.05) is 13.1 Å². The van der Waals surface area contributed by atoms with E-state index in [2.05, 4.69) is 10.8 Å². The molecule has 16 heavy (non-hydrogen) atoms. The summed E-state index contributed by atoms with van der Waals surface area (Å²) in [5, 5.41) is 8.94. The fourth-order valence-electron chi connectivity index (χ4n) is 1.83. The van der Waals surface area contributed by atoms with Crippen molar-refractivity contribution in [2.45, 2.75) is 0 Å². The first-order valence-corrected chi connectivity index (χ1v) is 5.08. The Hall–Kier alpha value is -2.02. The van der Waals surface area contributed by atoms with Crippen LogP contribution in [0.2, 0.25) is 0 Å². The third-order valence-corrected chi connectivity index (χ3v) is 2.78. The van der Waals surface area contributed by atoms with E-state index in [1.165, 1.54) is 7.11 Å². The number of nitrogens with zero attached hydrogens (tertiary/aromatic N) is 2. The van der Waals surface area contributed by atoms with Crippen LogP contribution < -0.4 is 4.90 Å². The molecule has 1 aromatic rings. The van der Waals surface area contributed by atoms with Crippen LogP contribution in [0, 0.1) is 17.2 Å². The van der Waals surface area contributed by atoms with E-state index >= 15 is 0 Å². The molecule has 0 aromatic heterocycles. The van der Waals surface area contributed by atoms with E-state index in [9.17, 15) is 4.79 Å². The number of para-hydroxylation sites is 1. The smallest absolute Gasteiger partial charge is 0.312 e. The van der Waals surface area contributed by atoms with Crippen LogP contribution in [-0.2, 0) is 9.53 Å². The van der Waals surface area contributed by atoms with Crippen molar-refractivity contribution < 1.29 is 9.53 Å². The lowest BCUT2D eigenvalue weighted by Crippen LogP contribution is -2.51. The van der Waals surface area contributed by atoms with E-state index in [1.807, 2.05) is 23.1 Å². The number of carbonyl (C=O) groups excluding carboxylic acids is 1. The van der Waals surface area contributed by atoms with Gasteiger partial charge in [-0.3, -0.25) is 4.79 Å². The zero-order valence-electron chi connectivity index (χ0n) is 9.01. The highest BCUT2D eigenvalue weighted by molar-refractivity contribution is 5.77. The van der Waals surface area contributed by atoms with Gasteiger partial charge in [0.2, 0.25) is 0 Å². The van der Waals surface area contributed by atoms with Gasteiger partial charge in [0.05, 0.1) is 24.3 Å². The lowest BCUT2D eigenvalue weighted by Gasteiger charge is -2.39. The fraction of sp³-hybridized carbons (Fsp3) is 0.333. The molecule has 0 aliphatic carbocycles. The van der Waals surface area contributed by atoms with Crippen molar-refractivity contribution in [2.24, 2.45) is 5.92 Å². The highest BCUT2D eigenvalue weighted by Crippen LogP contribution is 2.27. The third kappa shape index (κ3) is 1.72. The molecule has 0 unspecified atom stereocenters. The first-order chi connectivity index (χ1) is 7.76. The van der Waals surface area contributed by atoms with Gasteiger partial charge in [-0.05, 0) is 12.1 Å². The summed E-state index contributed by atoms with van der Waals surface area (Å²) in [6.07, 6.45) is 0. The van der Waals surface area contributed by atoms with Gasteiger partial charge in [-0.15, -0.1) is 0 Å². The van der Waals surface area contributed by atoms with Crippen LogP contribution >= 0.6 is 0 Å². The number of rotatable bonds is 2. The largest absolute Gasteiger partial charge is 0.469 e. The maximum atomic E-state index is 11.2. The molecule has 0 saturated carbocycles. The van der Waals surface area contributed by atoms with Crippen LogP contribution in [0.15, 0.2) is 24.3 Å². The standard InChI is InChI=1S/C12H12N2O2/c1-16-12(15)10-7-14(8-10)11-5-3-2-4-9(11)6-13/h2-5,10H,7-8H2,1H3. The molecular formula is C12H12N2O2. The van der Waals surface area contributed by atoms with Crippen molar-refractivity contribution in [1.82, 2.24) is 0 Å². The summed E-state index contributed by atoms with van der Waals surface area (Å²) >= 11 is 0. The van der Waals surface area contributed by atoms with E-state index in [-0.39, 0.29) is 11.9 Å². The normalized spacial score (nSPS) is 15.1. The SMILES string of the molecule is COC(=O)C1CN(c2ccccc2C#N)C1. The molecule has 1 aromatic carbocycles. The first kappa shape index (κ1) is 10.5. The summed E-state index contributed by atoms with van der Waals surface area (Å²) in [4.78, 5) is 13.2. The minimum atomic E-state index is -0.175. The Labute approximate surface area is 94.0 Å². The Morgan fingerprint density at radius 1 is 1.50 bits per heavy atom. The molecule has 2 rings (SSSR count). The number of anilines is 1. The number of nitriles is 1. The van der Waals surface area contributed by atoms with E-state index < -0.39 is 0 Å². The molecule has 1 saturated heterocycles. The zero-order chi connectivity index (χ0) is 11.5. The van der Waals surface area contributed by atoms with Gasteiger partial charge in [-0.1, -0.05) is 12.1 Å². The van der Waals surface area contributed by atoms with Gasteiger partial charge in [0.25, 0.3) is 0 Å². The number of benzene rings is 1. The van der Waals surface area contributed by atoms with Crippen LogP contribution in [0.3, 0.4) is 0 Å². The molecule has 0 bridgehead atoms. The van der Waals surface area contributed by atoms with Crippen molar-refractivity contribution in [2.75, 3.05) is 25.1 Å². The van der Waals surface area contributed by atoms with Crippen molar-refractivity contribution >= 4 is 11.7 Å². The maximum absolute atomic E-state index is 11.2. The molecule has 0 atom stereocenters. The Morgan fingerprint density at radius 3 is 2.81 bits per heavy atom. The molecule has 0 radical (unpaired) electrons. The van der Waals surface area contributed by atoms with Crippen LogP contribution in [-0.4, -0.2) is 26.2 Å². The summed E-state index contributed by atoms with van der Waals surface area (Å²) in [6.45, 7) is 1.26. The third-order valence-electron chi connectivity index (χ3n) is 2.78. The second-order valence-electron chi connectivity index (χ2n) is 3.75. The molecule has 82 valence electrons. The molecule has 1 heterocycles. The van der Waals surface area contributed by atoms with Crippen LogP contribution in [0.25, 0.3) is 0 Å². The van der Waals surface area contributed by atoms with Gasteiger partial charge < -0.3 is 9.64 Å². The molecule has 4 nitrogen and oxygen atoms in total. The van der Waals surface area contributed by atoms with Crippen molar-refractivity contribution in [3.8, 4) is 6.07 Å². The predicted octanol–water partition coefficient (Wildman–Crippen LogP) is 1.17. The van der Waals surface area contributed by atoms with Crippen molar-refractivity contribution in [3.63, 3.8) is 0 Å². The molecule has 1 fully saturated rings. The average molecular weight is 216 g/mol. The van der Waals surface area contributed by atoms with Gasteiger partial charge in [0.1, 0.15) is 6.07 Å². The topological polar surface area (TPSA) is 53.3 Å². The summed E-state index contributed by atoms with van der Waals surface area (Å²) in [6, 6.07) is 9.54. The number of ether oxygens (including phenoxy) is 1. The van der Waals surface area contributed by atoms with Gasteiger partial charge >= 0.3 is 5.97 Å². The molecule has 0 amide bonds. The molecule has 4 heteroatoms. The van der Waals surface area contributed by atoms with Crippen molar-refractivity contribution in [3.05, 3.63) is 29.8 Å². The van der Waals surface area contributed by atoms with Crippen LogP contribution in [0.5, 0.6) is 0 Å². The Kier molecular flexibility index (Phi) is 2.78. The van der Waals surface area contributed by atoms with Crippen LogP contribution in [0.1, 0.15) is 5.56 Å². The average Bonchev–Trinajstić information content (AvgIpc) is 2.27. The summed E-state index contributed by atoms with van der Waals surface area (Å²) in [7, 11) is 1.40. The Morgan fingerprint density at radius 2 is 2.19 bits per heavy atom. The van der Waals surface area contributed by atoms with E-state index in [0.29, 0.717) is 18.7 Å². The number of hydrogen-bond donors (Lipinski definition) is 0. The fourth-order valence-corrected chi connectivity index (χ4v) is 1.83. The minimum absolute atomic E-state index is 0.0586. The molecule has 1 aliphatic rings. The van der Waals surface area contributed by atoms with Gasteiger partial charge in [-0.25, -0.2) is 0 Å². The summed E-state index contributed by atoms with van der Waals surface area (Å²) in [5.74, 6) is -0.234. The lowest BCUT2D eigenvalue weighted by atomic mass is 9.98. The molecule has 0 N–H and O–H groups in total.